The van der Waals surface area contributed by atoms with Crippen LogP contribution in [0.5, 0.6) is 11.5 Å². The molecule has 0 aliphatic rings. The highest BCUT2D eigenvalue weighted by Crippen LogP contribution is 2.30. The molecule has 21 heavy (non-hydrogen) atoms. The molecule has 0 amide bonds. The van der Waals surface area contributed by atoms with E-state index in [1.54, 1.807) is 6.07 Å². The van der Waals surface area contributed by atoms with Crippen molar-refractivity contribution in [1.29, 1.82) is 0 Å². The van der Waals surface area contributed by atoms with Gasteiger partial charge >= 0.3 is 0 Å². The average molecular weight is 287 g/mol. The molecule has 0 aliphatic heterocycles. The molecule has 3 heteroatoms. The van der Waals surface area contributed by atoms with Crippen LogP contribution in [0.2, 0.25) is 0 Å². The van der Waals surface area contributed by atoms with Gasteiger partial charge in [0.2, 0.25) is 0 Å². The predicted octanol–water partition coefficient (Wildman–Crippen LogP) is 4.42. The second-order valence-corrected chi connectivity index (χ2v) is 6.17. The molecule has 0 radical (unpaired) electrons. The van der Waals surface area contributed by atoms with E-state index in [2.05, 4.69) is 26.8 Å². The van der Waals surface area contributed by atoms with Gasteiger partial charge in [-0.2, -0.15) is 0 Å². The average Bonchev–Trinajstić information content (AvgIpc) is 2.42. The topological polar surface area (TPSA) is 35.2 Å². The van der Waals surface area contributed by atoms with Crippen LogP contribution in [0, 0.1) is 5.82 Å². The summed E-state index contributed by atoms with van der Waals surface area (Å²) in [6, 6.07) is 12.5. The Bertz CT molecular complexity index is 617. The van der Waals surface area contributed by atoms with Crippen molar-refractivity contribution in [2.24, 2.45) is 5.73 Å². The zero-order valence-corrected chi connectivity index (χ0v) is 12.8. The number of hydrogen-bond acceptors (Lipinski definition) is 2. The van der Waals surface area contributed by atoms with Gasteiger partial charge in [-0.1, -0.05) is 32.9 Å². The molecule has 0 spiro atoms. The Morgan fingerprint density at radius 3 is 2.52 bits per heavy atom. The Morgan fingerprint density at radius 2 is 1.86 bits per heavy atom. The summed E-state index contributed by atoms with van der Waals surface area (Å²) in [6.45, 7) is 6.93. The van der Waals surface area contributed by atoms with Gasteiger partial charge in [-0.3, -0.25) is 0 Å². The van der Waals surface area contributed by atoms with Crippen molar-refractivity contribution in [2.45, 2.75) is 32.6 Å². The van der Waals surface area contributed by atoms with Crippen LogP contribution in [0.15, 0.2) is 42.5 Å². The summed E-state index contributed by atoms with van der Waals surface area (Å²) in [4.78, 5) is 0. The molecule has 2 N–H and O–H groups in total. The van der Waals surface area contributed by atoms with Crippen LogP contribution in [0.1, 0.15) is 31.9 Å². The minimum absolute atomic E-state index is 0.0578. The van der Waals surface area contributed by atoms with Crippen molar-refractivity contribution < 1.29 is 9.13 Å². The molecular formula is C18H22FNO. The van der Waals surface area contributed by atoms with Gasteiger partial charge in [0, 0.05) is 0 Å². The molecule has 0 atom stereocenters. The van der Waals surface area contributed by atoms with Crippen LogP contribution >= 0.6 is 0 Å². The Hall–Kier alpha value is -1.87. The van der Waals surface area contributed by atoms with E-state index in [0.717, 1.165) is 11.3 Å². The first-order valence-corrected chi connectivity index (χ1v) is 7.17. The third-order valence-corrected chi connectivity index (χ3v) is 3.36. The first kappa shape index (κ1) is 15.5. The third kappa shape index (κ3) is 4.05. The van der Waals surface area contributed by atoms with Crippen LogP contribution < -0.4 is 10.5 Å². The molecule has 0 aliphatic carbocycles. The van der Waals surface area contributed by atoms with E-state index >= 15 is 0 Å². The molecule has 2 aromatic carbocycles. The molecule has 0 fully saturated rings. The van der Waals surface area contributed by atoms with Gasteiger partial charge in [0.1, 0.15) is 17.3 Å². The van der Waals surface area contributed by atoms with E-state index in [1.165, 1.54) is 17.7 Å². The predicted molar refractivity (Wildman–Crippen MR) is 84.4 cm³/mol. The molecule has 0 bridgehead atoms. The normalized spacial score (nSPS) is 11.5. The fourth-order valence-electron chi connectivity index (χ4n) is 2.15. The minimum Gasteiger partial charge on any atom is -0.457 e. The maximum Gasteiger partial charge on any atom is 0.130 e. The lowest BCUT2D eigenvalue weighted by molar-refractivity contribution is 0.470. The molecule has 2 aromatic rings. The summed E-state index contributed by atoms with van der Waals surface area (Å²) >= 11 is 0. The van der Waals surface area contributed by atoms with Gasteiger partial charge in [-0.05, 0) is 59.8 Å². The summed E-state index contributed by atoms with van der Waals surface area (Å²) < 4.78 is 19.3. The zero-order valence-electron chi connectivity index (χ0n) is 12.8. The van der Waals surface area contributed by atoms with Crippen LogP contribution in [0.25, 0.3) is 0 Å². The highest BCUT2D eigenvalue weighted by molar-refractivity contribution is 5.40. The van der Waals surface area contributed by atoms with Crippen molar-refractivity contribution in [1.82, 2.24) is 0 Å². The van der Waals surface area contributed by atoms with Crippen LogP contribution in [0.4, 0.5) is 4.39 Å². The summed E-state index contributed by atoms with van der Waals surface area (Å²) in [5, 5.41) is 0. The number of nitrogens with two attached hydrogens (primary N) is 1. The van der Waals surface area contributed by atoms with Crippen LogP contribution in [0.3, 0.4) is 0 Å². The van der Waals surface area contributed by atoms with Crippen molar-refractivity contribution in [3.63, 3.8) is 0 Å². The number of rotatable bonds is 4. The maximum atomic E-state index is 13.3. The van der Waals surface area contributed by atoms with Gasteiger partial charge in [0.15, 0.2) is 0 Å². The summed E-state index contributed by atoms with van der Waals surface area (Å²) in [7, 11) is 0. The maximum absolute atomic E-state index is 13.3. The van der Waals surface area contributed by atoms with E-state index in [9.17, 15) is 4.39 Å². The van der Waals surface area contributed by atoms with Crippen molar-refractivity contribution in [3.05, 3.63) is 59.4 Å². The van der Waals surface area contributed by atoms with Gasteiger partial charge in [0.05, 0.1) is 0 Å². The molecule has 0 saturated heterocycles. The Kier molecular flexibility index (Phi) is 4.63. The Balaban J connectivity index is 2.30. The Morgan fingerprint density at radius 1 is 1.10 bits per heavy atom. The first-order valence-electron chi connectivity index (χ1n) is 7.17. The lowest BCUT2D eigenvalue weighted by atomic mass is 9.87. The molecule has 2 nitrogen and oxygen atoms in total. The molecule has 2 rings (SSSR count). The molecule has 112 valence electrons. The molecular weight excluding hydrogens is 265 g/mol. The SMILES string of the molecule is CC(C)(C)c1cccc(Oc2ccc(F)cc2CCN)c1. The molecule has 0 heterocycles. The van der Waals surface area contributed by atoms with Gasteiger partial charge in [-0.25, -0.2) is 4.39 Å². The molecule has 0 unspecified atom stereocenters. The van der Waals surface area contributed by atoms with E-state index < -0.39 is 0 Å². The standard InChI is InChI=1S/C18H22FNO/c1-18(2,3)14-5-4-6-16(12-14)21-17-8-7-15(19)11-13(17)9-10-20/h4-8,11-12H,9-10,20H2,1-3H3. The highest BCUT2D eigenvalue weighted by atomic mass is 19.1. The second-order valence-electron chi connectivity index (χ2n) is 6.17. The van der Waals surface area contributed by atoms with E-state index in [4.69, 9.17) is 10.5 Å². The van der Waals surface area contributed by atoms with Gasteiger partial charge < -0.3 is 10.5 Å². The molecule has 0 saturated carbocycles. The zero-order chi connectivity index (χ0) is 15.5. The first-order chi connectivity index (χ1) is 9.90. The van der Waals surface area contributed by atoms with Crippen LogP contribution in [-0.2, 0) is 11.8 Å². The number of hydrogen-bond donors (Lipinski definition) is 1. The fraction of sp³-hybridized carbons (Fsp3) is 0.333. The monoisotopic (exact) mass is 287 g/mol. The quantitative estimate of drug-likeness (QED) is 0.903. The molecule has 0 aromatic heterocycles. The van der Waals surface area contributed by atoms with Crippen molar-refractivity contribution in [3.8, 4) is 11.5 Å². The number of benzene rings is 2. The fourth-order valence-corrected chi connectivity index (χ4v) is 2.15. The van der Waals surface area contributed by atoms with E-state index in [0.29, 0.717) is 18.7 Å². The summed E-state index contributed by atoms with van der Waals surface area (Å²) in [5.41, 5.74) is 7.62. The second kappa shape index (κ2) is 6.27. The lowest BCUT2D eigenvalue weighted by Crippen LogP contribution is -2.10. The van der Waals surface area contributed by atoms with Gasteiger partial charge in [-0.15, -0.1) is 0 Å². The largest absolute Gasteiger partial charge is 0.457 e. The van der Waals surface area contributed by atoms with E-state index in [1.807, 2.05) is 18.2 Å². The number of ether oxygens (including phenoxy) is 1. The Labute approximate surface area is 125 Å². The third-order valence-electron chi connectivity index (χ3n) is 3.36. The highest BCUT2D eigenvalue weighted by Gasteiger charge is 2.14. The summed E-state index contributed by atoms with van der Waals surface area (Å²) in [5.74, 6) is 1.15. The number of halogens is 1. The van der Waals surface area contributed by atoms with Crippen LogP contribution in [-0.4, -0.2) is 6.54 Å². The summed E-state index contributed by atoms with van der Waals surface area (Å²) in [6.07, 6.45) is 0.589. The lowest BCUT2D eigenvalue weighted by Gasteiger charge is -2.20. The smallest absolute Gasteiger partial charge is 0.130 e. The minimum atomic E-state index is -0.269. The van der Waals surface area contributed by atoms with Gasteiger partial charge in [0.25, 0.3) is 0 Å². The van der Waals surface area contributed by atoms with E-state index in [-0.39, 0.29) is 11.2 Å². The van der Waals surface area contributed by atoms with Crippen molar-refractivity contribution >= 4 is 0 Å². The van der Waals surface area contributed by atoms with Crippen molar-refractivity contribution in [2.75, 3.05) is 6.54 Å².